The summed E-state index contributed by atoms with van der Waals surface area (Å²) in [5, 5.41) is 0. The Morgan fingerprint density at radius 1 is 1.14 bits per heavy atom. The first kappa shape index (κ1) is 13.8. The number of fused-ring (bicyclic) bond motifs is 1. The van der Waals surface area contributed by atoms with Crippen molar-refractivity contribution in [3.8, 4) is 5.75 Å². The van der Waals surface area contributed by atoms with Gasteiger partial charge in [-0.2, -0.15) is 0 Å². The van der Waals surface area contributed by atoms with Crippen molar-refractivity contribution < 1.29 is 14.3 Å². The molecule has 2 aromatic carbocycles. The summed E-state index contributed by atoms with van der Waals surface area (Å²) in [6.45, 7) is 0. The maximum atomic E-state index is 11.9. The Morgan fingerprint density at radius 3 is 2.67 bits per heavy atom. The van der Waals surface area contributed by atoms with Gasteiger partial charge in [0.2, 0.25) is 0 Å². The summed E-state index contributed by atoms with van der Waals surface area (Å²) in [6.07, 6.45) is 3.83. The number of carbonyl (C=O) groups is 1. The van der Waals surface area contributed by atoms with Crippen molar-refractivity contribution >= 4 is 23.8 Å². The second-order valence-corrected chi connectivity index (χ2v) is 5.66. The molecule has 1 atom stereocenters. The van der Waals surface area contributed by atoms with Crippen molar-refractivity contribution in [2.24, 2.45) is 0 Å². The van der Waals surface area contributed by atoms with Crippen LogP contribution in [0.5, 0.6) is 5.75 Å². The lowest BCUT2D eigenvalue weighted by Gasteiger charge is -2.21. The van der Waals surface area contributed by atoms with Gasteiger partial charge in [-0.05, 0) is 35.9 Å². The number of methoxy groups -OCH3 is 1. The molecular formula is C17H14O3S. The first-order chi connectivity index (χ1) is 10.3. The molecule has 0 bridgehead atoms. The maximum Gasteiger partial charge on any atom is 0.340 e. The molecule has 0 N–H and O–H groups in total. The van der Waals surface area contributed by atoms with Crippen molar-refractivity contribution in [3.63, 3.8) is 0 Å². The van der Waals surface area contributed by atoms with Crippen LogP contribution in [0.25, 0.3) is 6.08 Å². The van der Waals surface area contributed by atoms with Crippen LogP contribution in [0.2, 0.25) is 0 Å². The standard InChI is InChI=1S/C17H14O3S/c1-19-13-9-6-12(7-10-13)8-11-16-20-17(18)14-4-2-3-5-15(14)21-16/h2-11,16H,1H3/b11-8+. The van der Waals surface area contributed by atoms with E-state index in [1.165, 1.54) is 11.8 Å². The van der Waals surface area contributed by atoms with Crippen LogP contribution in [0.3, 0.4) is 0 Å². The van der Waals surface area contributed by atoms with Crippen LogP contribution < -0.4 is 4.74 Å². The number of hydrogen-bond donors (Lipinski definition) is 0. The van der Waals surface area contributed by atoms with Gasteiger partial charge in [0, 0.05) is 4.90 Å². The van der Waals surface area contributed by atoms with Gasteiger partial charge in [-0.1, -0.05) is 42.1 Å². The monoisotopic (exact) mass is 298 g/mol. The molecule has 0 aromatic heterocycles. The second-order valence-electron chi connectivity index (χ2n) is 4.52. The molecule has 21 heavy (non-hydrogen) atoms. The van der Waals surface area contributed by atoms with Gasteiger partial charge in [-0.25, -0.2) is 4.79 Å². The van der Waals surface area contributed by atoms with Gasteiger partial charge in [0.1, 0.15) is 5.75 Å². The normalized spacial score (nSPS) is 17.4. The van der Waals surface area contributed by atoms with Crippen LogP contribution >= 0.6 is 11.8 Å². The molecule has 0 spiro atoms. The Morgan fingerprint density at radius 2 is 1.90 bits per heavy atom. The topological polar surface area (TPSA) is 35.5 Å². The second kappa shape index (κ2) is 6.06. The van der Waals surface area contributed by atoms with E-state index >= 15 is 0 Å². The highest BCUT2D eigenvalue weighted by Crippen LogP contribution is 2.34. The zero-order valence-electron chi connectivity index (χ0n) is 11.5. The molecule has 1 unspecified atom stereocenters. The third-order valence-corrected chi connectivity index (χ3v) is 4.23. The van der Waals surface area contributed by atoms with Crippen LogP contribution in [-0.4, -0.2) is 18.5 Å². The number of thioether (sulfide) groups is 1. The fourth-order valence-corrected chi connectivity index (χ4v) is 3.02. The largest absolute Gasteiger partial charge is 0.497 e. The predicted octanol–water partition coefficient (Wildman–Crippen LogP) is 4.00. The summed E-state index contributed by atoms with van der Waals surface area (Å²) < 4.78 is 10.5. The molecule has 0 fully saturated rings. The van der Waals surface area contributed by atoms with E-state index in [1.807, 2.05) is 54.6 Å². The molecule has 0 saturated carbocycles. The lowest BCUT2D eigenvalue weighted by Crippen LogP contribution is -2.18. The highest BCUT2D eigenvalue weighted by molar-refractivity contribution is 8.00. The van der Waals surface area contributed by atoms with E-state index in [1.54, 1.807) is 13.2 Å². The SMILES string of the molecule is COc1ccc(/C=C/C2OC(=O)c3ccccc3S2)cc1. The number of ether oxygens (including phenoxy) is 2. The molecule has 2 aromatic rings. The van der Waals surface area contributed by atoms with Gasteiger partial charge >= 0.3 is 5.97 Å². The van der Waals surface area contributed by atoms with Gasteiger partial charge < -0.3 is 9.47 Å². The Hall–Kier alpha value is -2.20. The first-order valence-electron chi connectivity index (χ1n) is 6.55. The molecular weight excluding hydrogens is 284 g/mol. The van der Waals surface area contributed by atoms with Crippen molar-refractivity contribution in [2.45, 2.75) is 10.3 Å². The summed E-state index contributed by atoms with van der Waals surface area (Å²) >= 11 is 1.53. The Kier molecular flexibility index (Phi) is 3.97. The number of rotatable bonds is 3. The lowest BCUT2D eigenvalue weighted by molar-refractivity contribution is 0.0497. The number of esters is 1. The molecule has 0 aliphatic carbocycles. The molecule has 1 aliphatic rings. The molecule has 0 saturated heterocycles. The first-order valence-corrected chi connectivity index (χ1v) is 7.43. The minimum atomic E-state index is -0.297. The van der Waals surface area contributed by atoms with Crippen LogP contribution in [-0.2, 0) is 4.74 Å². The molecule has 1 aliphatic heterocycles. The average molecular weight is 298 g/mol. The van der Waals surface area contributed by atoms with E-state index in [4.69, 9.17) is 9.47 Å². The third-order valence-electron chi connectivity index (χ3n) is 3.13. The molecule has 1 heterocycles. The zero-order chi connectivity index (χ0) is 14.7. The van der Waals surface area contributed by atoms with Crippen LogP contribution in [0.15, 0.2) is 59.5 Å². The summed E-state index contributed by atoms with van der Waals surface area (Å²) in [5.41, 5.74) is 1.37. The van der Waals surface area contributed by atoms with Gasteiger partial charge in [-0.15, -0.1) is 0 Å². The van der Waals surface area contributed by atoms with E-state index in [9.17, 15) is 4.79 Å². The third kappa shape index (κ3) is 3.11. The minimum Gasteiger partial charge on any atom is -0.497 e. The minimum absolute atomic E-state index is 0.270. The molecule has 3 rings (SSSR count). The quantitative estimate of drug-likeness (QED) is 0.802. The number of benzene rings is 2. The van der Waals surface area contributed by atoms with Crippen molar-refractivity contribution in [3.05, 3.63) is 65.7 Å². The molecule has 0 radical (unpaired) electrons. The van der Waals surface area contributed by atoms with Gasteiger partial charge in [-0.3, -0.25) is 0 Å². The predicted molar refractivity (Wildman–Crippen MR) is 83.5 cm³/mol. The Labute approximate surface area is 127 Å². The van der Waals surface area contributed by atoms with E-state index in [-0.39, 0.29) is 11.4 Å². The number of carbonyl (C=O) groups excluding carboxylic acids is 1. The Bertz CT molecular complexity index is 677. The average Bonchev–Trinajstić information content (AvgIpc) is 2.53. The van der Waals surface area contributed by atoms with Crippen LogP contribution in [0.4, 0.5) is 0 Å². The van der Waals surface area contributed by atoms with Gasteiger partial charge in [0.05, 0.1) is 12.7 Å². The van der Waals surface area contributed by atoms with Crippen LogP contribution in [0, 0.1) is 0 Å². The molecule has 0 amide bonds. The fourth-order valence-electron chi connectivity index (χ4n) is 2.04. The maximum absolute atomic E-state index is 11.9. The summed E-state index contributed by atoms with van der Waals surface area (Å²) in [6, 6.07) is 15.2. The van der Waals surface area contributed by atoms with E-state index in [2.05, 4.69) is 0 Å². The highest BCUT2D eigenvalue weighted by atomic mass is 32.2. The van der Waals surface area contributed by atoms with Crippen LogP contribution in [0.1, 0.15) is 15.9 Å². The summed E-state index contributed by atoms with van der Waals surface area (Å²) in [4.78, 5) is 12.9. The van der Waals surface area contributed by atoms with Crippen molar-refractivity contribution in [1.82, 2.24) is 0 Å². The zero-order valence-corrected chi connectivity index (χ0v) is 12.3. The lowest BCUT2D eigenvalue weighted by atomic mass is 10.2. The van der Waals surface area contributed by atoms with Gasteiger partial charge in [0.25, 0.3) is 0 Å². The summed E-state index contributed by atoms with van der Waals surface area (Å²) in [7, 11) is 1.64. The smallest absolute Gasteiger partial charge is 0.340 e. The van der Waals surface area contributed by atoms with Crippen molar-refractivity contribution in [2.75, 3.05) is 7.11 Å². The van der Waals surface area contributed by atoms with Gasteiger partial charge in [0.15, 0.2) is 5.44 Å². The molecule has 4 heteroatoms. The highest BCUT2D eigenvalue weighted by Gasteiger charge is 2.24. The summed E-state index contributed by atoms with van der Waals surface area (Å²) in [5.74, 6) is 0.549. The van der Waals surface area contributed by atoms with E-state index in [0.29, 0.717) is 5.56 Å². The van der Waals surface area contributed by atoms with E-state index in [0.717, 1.165) is 16.2 Å². The number of hydrogen-bond acceptors (Lipinski definition) is 4. The van der Waals surface area contributed by atoms with Crippen molar-refractivity contribution in [1.29, 1.82) is 0 Å². The molecule has 3 nitrogen and oxygen atoms in total. The Balaban J connectivity index is 1.74. The number of cyclic esters (lactones) is 1. The van der Waals surface area contributed by atoms with E-state index < -0.39 is 0 Å². The fraction of sp³-hybridized carbons (Fsp3) is 0.118. The molecule has 106 valence electrons.